The zero-order valence-electron chi connectivity index (χ0n) is 12.6. The molecule has 0 saturated carbocycles. The highest BCUT2D eigenvalue weighted by Gasteiger charge is 2.15. The first kappa shape index (κ1) is 15.8. The number of hydrogen-bond donors (Lipinski definition) is 1. The van der Waals surface area contributed by atoms with Crippen molar-refractivity contribution in [2.45, 2.75) is 90.5 Å². The predicted octanol–water partition coefficient (Wildman–Crippen LogP) is 5.22. The van der Waals surface area contributed by atoms with Crippen LogP contribution < -0.4 is 5.32 Å². The SMILES string of the molecule is CCCCCCCCC(NCCC)C1=CCCC1. The van der Waals surface area contributed by atoms with Crippen LogP contribution in [0.2, 0.25) is 0 Å². The average Bonchev–Trinajstić information content (AvgIpc) is 2.91. The highest BCUT2D eigenvalue weighted by atomic mass is 14.9. The Kier molecular flexibility index (Phi) is 9.28. The van der Waals surface area contributed by atoms with Crippen LogP contribution in [0.1, 0.15) is 84.5 Å². The molecule has 1 nitrogen and oxygen atoms in total. The third-order valence-electron chi connectivity index (χ3n) is 4.01. The summed E-state index contributed by atoms with van der Waals surface area (Å²) in [5.74, 6) is 0. The molecule has 0 fully saturated rings. The normalized spacial score (nSPS) is 16.9. The van der Waals surface area contributed by atoms with Crippen molar-refractivity contribution in [1.82, 2.24) is 5.32 Å². The average molecular weight is 251 g/mol. The van der Waals surface area contributed by atoms with Crippen molar-refractivity contribution in [2.75, 3.05) is 6.54 Å². The van der Waals surface area contributed by atoms with Gasteiger partial charge in [-0.05, 0) is 38.6 Å². The fourth-order valence-electron chi connectivity index (χ4n) is 2.88. The smallest absolute Gasteiger partial charge is 0.0279 e. The zero-order chi connectivity index (χ0) is 13.1. The molecule has 1 aliphatic rings. The lowest BCUT2D eigenvalue weighted by atomic mass is 9.99. The van der Waals surface area contributed by atoms with Crippen molar-refractivity contribution in [3.63, 3.8) is 0 Å². The van der Waals surface area contributed by atoms with Crippen LogP contribution in [0.3, 0.4) is 0 Å². The van der Waals surface area contributed by atoms with Crippen molar-refractivity contribution < 1.29 is 0 Å². The molecule has 0 aromatic carbocycles. The van der Waals surface area contributed by atoms with Crippen molar-refractivity contribution in [3.05, 3.63) is 11.6 Å². The summed E-state index contributed by atoms with van der Waals surface area (Å²) in [5.41, 5.74) is 1.71. The molecule has 1 unspecified atom stereocenters. The number of unbranched alkanes of at least 4 members (excludes halogenated alkanes) is 5. The van der Waals surface area contributed by atoms with E-state index in [1.165, 1.54) is 77.2 Å². The van der Waals surface area contributed by atoms with E-state index in [1.807, 2.05) is 0 Å². The van der Waals surface area contributed by atoms with Crippen LogP contribution in [0.25, 0.3) is 0 Å². The topological polar surface area (TPSA) is 12.0 Å². The van der Waals surface area contributed by atoms with E-state index in [0.717, 1.165) is 0 Å². The van der Waals surface area contributed by atoms with Crippen LogP contribution in [-0.2, 0) is 0 Å². The Labute approximate surface area is 114 Å². The van der Waals surface area contributed by atoms with Gasteiger partial charge in [-0.25, -0.2) is 0 Å². The van der Waals surface area contributed by atoms with Crippen molar-refractivity contribution in [2.24, 2.45) is 0 Å². The summed E-state index contributed by atoms with van der Waals surface area (Å²) in [6.07, 6.45) is 17.6. The number of rotatable bonds is 11. The molecule has 106 valence electrons. The molecule has 0 heterocycles. The predicted molar refractivity (Wildman–Crippen MR) is 82.0 cm³/mol. The minimum absolute atomic E-state index is 0.693. The van der Waals surface area contributed by atoms with Crippen molar-refractivity contribution in [1.29, 1.82) is 0 Å². The van der Waals surface area contributed by atoms with Gasteiger partial charge in [-0.15, -0.1) is 0 Å². The van der Waals surface area contributed by atoms with Crippen molar-refractivity contribution in [3.8, 4) is 0 Å². The lowest BCUT2D eigenvalue weighted by molar-refractivity contribution is 0.487. The standard InChI is InChI=1S/C17H33N/c1-3-5-6-7-8-9-14-17(18-15-4-2)16-12-10-11-13-16/h12,17-18H,3-11,13-15H2,1-2H3. The summed E-state index contributed by atoms with van der Waals surface area (Å²) in [5, 5.41) is 3.75. The fourth-order valence-corrected chi connectivity index (χ4v) is 2.88. The Balaban J connectivity index is 2.15. The van der Waals surface area contributed by atoms with Gasteiger partial charge in [0.05, 0.1) is 0 Å². The summed E-state index contributed by atoms with van der Waals surface area (Å²) >= 11 is 0. The summed E-state index contributed by atoms with van der Waals surface area (Å²) < 4.78 is 0. The molecule has 0 aliphatic heterocycles. The first-order valence-electron chi connectivity index (χ1n) is 8.30. The van der Waals surface area contributed by atoms with Gasteiger partial charge in [-0.3, -0.25) is 0 Å². The van der Waals surface area contributed by atoms with Crippen LogP contribution in [0.15, 0.2) is 11.6 Å². The van der Waals surface area contributed by atoms with Crippen molar-refractivity contribution >= 4 is 0 Å². The van der Waals surface area contributed by atoms with Gasteiger partial charge in [0.15, 0.2) is 0 Å². The maximum Gasteiger partial charge on any atom is 0.0279 e. The summed E-state index contributed by atoms with van der Waals surface area (Å²) in [6.45, 7) is 5.73. The molecule has 0 radical (unpaired) electrons. The number of hydrogen-bond acceptors (Lipinski definition) is 1. The molecule has 1 heteroatoms. The molecule has 18 heavy (non-hydrogen) atoms. The monoisotopic (exact) mass is 251 g/mol. The zero-order valence-corrected chi connectivity index (χ0v) is 12.6. The van der Waals surface area contributed by atoms with Crippen LogP contribution in [0.5, 0.6) is 0 Å². The number of nitrogens with one attached hydrogen (secondary N) is 1. The largest absolute Gasteiger partial charge is 0.310 e. The molecule has 1 rings (SSSR count). The Morgan fingerprint density at radius 1 is 1.06 bits per heavy atom. The quantitative estimate of drug-likeness (QED) is 0.392. The minimum atomic E-state index is 0.693. The second kappa shape index (κ2) is 10.6. The van der Waals surface area contributed by atoms with E-state index in [9.17, 15) is 0 Å². The molecular formula is C17H33N. The van der Waals surface area contributed by atoms with E-state index in [-0.39, 0.29) is 0 Å². The Bertz CT molecular complexity index is 220. The maximum absolute atomic E-state index is 3.75. The third kappa shape index (κ3) is 6.58. The maximum atomic E-state index is 3.75. The Morgan fingerprint density at radius 2 is 1.83 bits per heavy atom. The lowest BCUT2D eigenvalue weighted by Crippen LogP contribution is -2.31. The van der Waals surface area contributed by atoms with Gasteiger partial charge in [-0.1, -0.05) is 64.0 Å². The minimum Gasteiger partial charge on any atom is -0.310 e. The molecule has 0 aromatic heterocycles. The molecule has 0 saturated heterocycles. The molecular weight excluding hydrogens is 218 g/mol. The summed E-state index contributed by atoms with van der Waals surface area (Å²) in [6, 6.07) is 0.693. The molecule has 0 bridgehead atoms. The Morgan fingerprint density at radius 3 is 2.50 bits per heavy atom. The highest BCUT2D eigenvalue weighted by molar-refractivity contribution is 5.15. The van der Waals surface area contributed by atoms with Gasteiger partial charge >= 0.3 is 0 Å². The first-order chi connectivity index (χ1) is 8.88. The molecule has 1 N–H and O–H groups in total. The van der Waals surface area contributed by atoms with E-state index in [1.54, 1.807) is 5.57 Å². The second-order valence-corrected chi connectivity index (χ2v) is 5.73. The molecule has 0 amide bonds. The highest BCUT2D eigenvalue weighted by Crippen LogP contribution is 2.24. The molecule has 1 atom stereocenters. The second-order valence-electron chi connectivity index (χ2n) is 5.73. The van der Waals surface area contributed by atoms with Gasteiger partial charge < -0.3 is 5.32 Å². The van der Waals surface area contributed by atoms with E-state index in [0.29, 0.717) is 6.04 Å². The van der Waals surface area contributed by atoms with E-state index >= 15 is 0 Å². The summed E-state index contributed by atoms with van der Waals surface area (Å²) in [7, 11) is 0. The van der Waals surface area contributed by atoms with E-state index in [4.69, 9.17) is 0 Å². The van der Waals surface area contributed by atoms with Crippen LogP contribution in [-0.4, -0.2) is 12.6 Å². The lowest BCUT2D eigenvalue weighted by Gasteiger charge is -2.20. The van der Waals surface area contributed by atoms with Crippen LogP contribution in [0.4, 0.5) is 0 Å². The van der Waals surface area contributed by atoms with Gasteiger partial charge in [0.2, 0.25) is 0 Å². The molecule has 0 spiro atoms. The number of allylic oxidation sites excluding steroid dienone is 1. The van der Waals surface area contributed by atoms with Gasteiger partial charge in [-0.2, -0.15) is 0 Å². The fraction of sp³-hybridized carbons (Fsp3) is 0.882. The van der Waals surface area contributed by atoms with E-state index in [2.05, 4.69) is 25.2 Å². The van der Waals surface area contributed by atoms with Gasteiger partial charge in [0.25, 0.3) is 0 Å². The Hall–Kier alpha value is -0.300. The van der Waals surface area contributed by atoms with Gasteiger partial charge in [0, 0.05) is 6.04 Å². The molecule has 0 aromatic rings. The van der Waals surface area contributed by atoms with Crippen LogP contribution >= 0.6 is 0 Å². The third-order valence-corrected chi connectivity index (χ3v) is 4.01. The van der Waals surface area contributed by atoms with E-state index < -0.39 is 0 Å². The summed E-state index contributed by atoms with van der Waals surface area (Å²) in [4.78, 5) is 0. The van der Waals surface area contributed by atoms with Gasteiger partial charge in [0.1, 0.15) is 0 Å². The van der Waals surface area contributed by atoms with Crippen LogP contribution in [0, 0.1) is 0 Å². The first-order valence-corrected chi connectivity index (χ1v) is 8.30. The molecule has 1 aliphatic carbocycles.